The number of ether oxygens (including phenoxy) is 1. The number of hydrogen-bond acceptors (Lipinski definition) is 2. The average molecular weight is 279 g/mol. The number of aryl methyl sites for hydroxylation is 1. The van der Waals surface area contributed by atoms with E-state index in [-0.39, 0.29) is 12.6 Å². The van der Waals surface area contributed by atoms with Crippen LogP contribution in [0.1, 0.15) is 26.0 Å². The minimum atomic E-state index is -0.412. The van der Waals surface area contributed by atoms with Crippen LogP contribution in [0.4, 0.5) is 4.39 Å². The van der Waals surface area contributed by atoms with Gasteiger partial charge in [0.25, 0.3) is 0 Å². The highest BCUT2D eigenvalue weighted by Gasteiger charge is 2.10. The number of alkyl halides is 1. The molecule has 0 aromatic carbocycles. The highest BCUT2D eigenvalue weighted by Crippen LogP contribution is 2.17. The molecular formula is C10H16BrFN2O. The van der Waals surface area contributed by atoms with Crippen molar-refractivity contribution in [2.24, 2.45) is 0 Å². The van der Waals surface area contributed by atoms with E-state index in [9.17, 15) is 4.39 Å². The molecule has 5 heteroatoms. The SMILES string of the molecule is CC[C@H](C)OCc1c(Br)cnn1CCF. The van der Waals surface area contributed by atoms with Gasteiger partial charge in [-0.25, -0.2) is 4.39 Å². The van der Waals surface area contributed by atoms with Crippen LogP contribution in [0.25, 0.3) is 0 Å². The van der Waals surface area contributed by atoms with Gasteiger partial charge in [-0.1, -0.05) is 6.92 Å². The van der Waals surface area contributed by atoms with Crippen LogP contribution in [0.3, 0.4) is 0 Å². The molecule has 0 saturated heterocycles. The van der Waals surface area contributed by atoms with Gasteiger partial charge >= 0.3 is 0 Å². The minimum absolute atomic E-state index is 0.214. The average Bonchev–Trinajstić information content (AvgIpc) is 2.57. The molecule has 3 nitrogen and oxygen atoms in total. The number of aromatic nitrogens is 2. The van der Waals surface area contributed by atoms with Gasteiger partial charge in [0.1, 0.15) is 6.67 Å². The number of halogens is 2. The van der Waals surface area contributed by atoms with Crippen molar-refractivity contribution in [2.75, 3.05) is 6.67 Å². The Balaban J connectivity index is 2.61. The molecule has 0 aliphatic rings. The second kappa shape index (κ2) is 6.23. The second-order valence-corrected chi connectivity index (χ2v) is 4.24. The molecule has 15 heavy (non-hydrogen) atoms. The third kappa shape index (κ3) is 3.57. The van der Waals surface area contributed by atoms with E-state index < -0.39 is 6.67 Å². The third-order valence-corrected chi connectivity index (χ3v) is 2.94. The van der Waals surface area contributed by atoms with E-state index >= 15 is 0 Å². The lowest BCUT2D eigenvalue weighted by Crippen LogP contribution is -2.12. The maximum Gasteiger partial charge on any atom is 0.109 e. The Hall–Kier alpha value is -0.420. The van der Waals surface area contributed by atoms with Crippen molar-refractivity contribution in [3.63, 3.8) is 0 Å². The summed E-state index contributed by atoms with van der Waals surface area (Å²) in [4.78, 5) is 0. The van der Waals surface area contributed by atoms with Crippen molar-refractivity contribution in [3.05, 3.63) is 16.4 Å². The largest absolute Gasteiger partial charge is 0.372 e. The maximum absolute atomic E-state index is 12.2. The summed E-state index contributed by atoms with van der Waals surface area (Å²) < 4.78 is 20.3. The zero-order valence-corrected chi connectivity index (χ0v) is 10.6. The van der Waals surface area contributed by atoms with E-state index in [0.29, 0.717) is 6.61 Å². The highest BCUT2D eigenvalue weighted by atomic mass is 79.9. The predicted octanol–water partition coefficient (Wildman–Crippen LogP) is 2.93. The van der Waals surface area contributed by atoms with Gasteiger partial charge in [0, 0.05) is 0 Å². The molecule has 0 saturated carbocycles. The van der Waals surface area contributed by atoms with Crippen molar-refractivity contribution in [2.45, 2.75) is 39.5 Å². The van der Waals surface area contributed by atoms with Gasteiger partial charge in [-0.15, -0.1) is 0 Å². The summed E-state index contributed by atoms with van der Waals surface area (Å²) in [6, 6.07) is 0. The Bertz CT molecular complexity index is 304. The fourth-order valence-electron chi connectivity index (χ4n) is 1.14. The van der Waals surface area contributed by atoms with Crippen molar-refractivity contribution in [3.8, 4) is 0 Å². The Morgan fingerprint density at radius 1 is 1.67 bits per heavy atom. The van der Waals surface area contributed by atoms with E-state index in [0.717, 1.165) is 16.6 Å². The summed E-state index contributed by atoms with van der Waals surface area (Å²) in [6.45, 7) is 4.42. The standard InChI is InChI=1S/C10H16BrFN2O/c1-3-8(2)15-7-10-9(11)6-13-14(10)5-4-12/h6,8H,3-5,7H2,1-2H3/t8-/m0/s1. The maximum atomic E-state index is 12.2. The molecule has 0 fully saturated rings. The van der Waals surface area contributed by atoms with E-state index in [2.05, 4.69) is 28.0 Å². The van der Waals surface area contributed by atoms with Gasteiger partial charge in [0.15, 0.2) is 0 Å². The lowest BCUT2D eigenvalue weighted by atomic mass is 10.3. The van der Waals surface area contributed by atoms with Crippen molar-refractivity contribution in [1.82, 2.24) is 9.78 Å². The first kappa shape index (κ1) is 12.6. The highest BCUT2D eigenvalue weighted by molar-refractivity contribution is 9.10. The molecule has 0 spiro atoms. The van der Waals surface area contributed by atoms with E-state index in [1.807, 2.05) is 6.92 Å². The summed E-state index contributed by atoms with van der Waals surface area (Å²) >= 11 is 3.37. The molecule has 86 valence electrons. The molecule has 1 heterocycles. The minimum Gasteiger partial charge on any atom is -0.372 e. The first-order chi connectivity index (χ1) is 7.19. The monoisotopic (exact) mass is 278 g/mol. The molecule has 0 aliphatic carbocycles. The second-order valence-electron chi connectivity index (χ2n) is 3.38. The van der Waals surface area contributed by atoms with Crippen LogP contribution in [0.2, 0.25) is 0 Å². The zero-order valence-electron chi connectivity index (χ0n) is 9.04. The van der Waals surface area contributed by atoms with Crippen molar-refractivity contribution in [1.29, 1.82) is 0 Å². The van der Waals surface area contributed by atoms with Gasteiger partial charge in [-0.05, 0) is 29.3 Å². The molecule has 0 aliphatic heterocycles. The Kier molecular flexibility index (Phi) is 5.25. The summed E-state index contributed by atoms with van der Waals surface area (Å²) in [5.41, 5.74) is 0.896. The molecule has 0 amide bonds. The Morgan fingerprint density at radius 2 is 2.40 bits per heavy atom. The topological polar surface area (TPSA) is 27.1 Å². The molecule has 1 aromatic heterocycles. The molecule has 1 rings (SSSR count). The lowest BCUT2D eigenvalue weighted by Gasteiger charge is -2.11. The summed E-state index contributed by atoms with van der Waals surface area (Å²) in [7, 11) is 0. The van der Waals surface area contributed by atoms with Crippen LogP contribution in [0.5, 0.6) is 0 Å². The van der Waals surface area contributed by atoms with Gasteiger partial charge < -0.3 is 4.74 Å². The smallest absolute Gasteiger partial charge is 0.109 e. The third-order valence-electron chi connectivity index (χ3n) is 2.27. The summed E-state index contributed by atoms with van der Waals surface area (Å²) in [6.07, 6.45) is 2.85. The molecule has 0 unspecified atom stereocenters. The van der Waals surface area contributed by atoms with Crippen LogP contribution >= 0.6 is 15.9 Å². The van der Waals surface area contributed by atoms with E-state index in [1.54, 1.807) is 10.9 Å². The predicted molar refractivity (Wildman–Crippen MR) is 60.4 cm³/mol. The number of rotatable bonds is 6. The first-order valence-corrected chi connectivity index (χ1v) is 5.86. The normalized spacial score (nSPS) is 13.1. The first-order valence-electron chi connectivity index (χ1n) is 5.06. The zero-order chi connectivity index (χ0) is 11.3. The van der Waals surface area contributed by atoms with Crippen LogP contribution in [-0.2, 0) is 17.9 Å². The van der Waals surface area contributed by atoms with Gasteiger partial charge in [0.05, 0.1) is 35.6 Å². The van der Waals surface area contributed by atoms with Crippen LogP contribution in [0.15, 0.2) is 10.7 Å². The summed E-state index contributed by atoms with van der Waals surface area (Å²) in [5.74, 6) is 0. The number of hydrogen-bond donors (Lipinski definition) is 0. The Morgan fingerprint density at radius 3 is 3.00 bits per heavy atom. The van der Waals surface area contributed by atoms with E-state index in [4.69, 9.17) is 4.74 Å². The van der Waals surface area contributed by atoms with Gasteiger partial charge in [-0.2, -0.15) is 5.10 Å². The Labute approximate surface area is 97.7 Å². The fourth-order valence-corrected chi connectivity index (χ4v) is 1.55. The van der Waals surface area contributed by atoms with E-state index in [1.165, 1.54) is 0 Å². The molecule has 0 N–H and O–H groups in total. The van der Waals surface area contributed by atoms with Crippen LogP contribution in [0, 0.1) is 0 Å². The van der Waals surface area contributed by atoms with Crippen LogP contribution in [-0.4, -0.2) is 22.6 Å². The molecule has 0 bridgehead atoms. The molecule has 1 atom stereocenters. The molecule has 0 radical (unpaired) electrons. The number of nitrogens with zero attached hydrogens (tertiary/aromatic N) is 2. The van der Waals surface area contributed by atoms with Crippen molar-refractivity contribution < 1.29 is 9.13 Å². The van der Waals surface area contributed by atoms with Crippen LogP contribution < -0.4 is 0 Å². The van der Waals surface area contributed by atoms with Gasteiger partial charge in [-0.3, -0.25) is 4.68 Å². The molecular weight excluding hydrogens is 263 g/mol. The fraction of sp³-hybridized carbons (Fsp3) is 0.700. The lowest BCUT2D eigenvalue weighted by molar-refractivity contribution is 0.0461. The van der Waals surface area contributed by atoms with Gasteiger partial charge in [0.2, 0.25) is 0 Å². The molecule has 1 aromatic rings. The van der Waals surface area contributed by atoms with Crippen molar-refractivity contribution >= 4 is 15.9 Å². The quantitative estimate of drug-likeness (QED) is 0.800. The summed E-state index contributed by atoms with van der Waals surface area (Å²) in [5, 5.41) is 4.06.